The first-order valence-electron chi connectivity index (χ1n) is 21.8. The first-order valence-corrected chi connectivity index (χ1v) is 21.8. The van der Waals surface area contributed by atoms with E-state index in [9.17, 15) is 4.79 Å². The molecule has 0 spiro atoms. The SMILES string of the molecule is O=C1C(c2ccccc2)=C(c2ccc(Oc3ccc(C#Cc4ccc5c(c4)CC5)cc3)cc2)C(c2ccc(Oc3ccc(C#Cc4ccc5c(c4)CC5)cc3)cc2)=C1c1ccccc1. The predicted molar refractivity (Wildman–Crippen MR) is 257 cm³/mol. The molecule has 0 heterocycles. The van der Waals surface area contributed by atoms with Gasteiger partial charge in [0.15, 0.2) is 5.78 Å². The van der Waals surface area contributed by atoms with Crippen molar-refractivity contribution in [2.24, 2.45) is 0 Å². The summed E-state index contributed by atoms with van der Waals surface area (Å²) in [7, 11) is 0. The minimum absolute atomic E-state index is 0.0178. The molecule has 11 rings (SSSR count). The molecule has 0 unspecified atom stereocenters. The molecular formula is C61H40O3. The molecule has 3 heteroatoms. The highest BCUT2D eigenvalue weighted by atomic mass is 16.5. The lowest BCUT2D eigenvalue weighted by Gasteiger charge is -2.17. The molecule has 8 aromatic rings. The normalized spacial score (nSPS) is 13.3. The van der Waals surface area contributed by atoms with Gasteiger partial charge < -0.3 is 9.47 Å². The van der Waals surface area contributed by atoms with Gasteiger partial charge in [0.25, 0.3) is 0 Å². The zero-order valence-corrected chi connectivity index (χ0v) is 35.0. The van der Waals surface area contributed by atoms with Crippen LogP contribution in [0, 0.1) is 23.7 Å². The Morgan fingerprint density at radius 1 is 0.297 bits per heavy atom. The number of allylic oxidation sites excluding steroid dienone is 4. The van der Waals surface area contributed by atoms with E-state index in [0.29, 0.717) is 34.1 Å². The molecule has 3 aliphatic rings. The monoisotopic (exact) mass is 820 g/mol. The highest BCUT2D eigenvalue weighted by molar-refractivity contribution is 6.59. The van der Waals surface area contributed by atoms with Crippen LogP contribution >= 0.6 is 0 Å². The van der Waals surface area contributed by atoms with Crippen molar-refractivity contribution in [3.8, 4) is 46.7 Å². The third-order valence-corrected chi connectivity index (χ3v) is 12.2. The smallest absolute Gasteiger partial charge is 0.195 e. The summed E-state index contributed by atoms with van der Waals surface area (Å²) >= 11 is 0. The number of hydrogen-bond donors (Lipinski definition) is 0. The fourth-order valence-electron chi connectivity index (χ4n) is 8.64. The summed E-state index contributed by atoms with van der Waals surface area (Å²) in [6.45, 7) is 0. The Balaban J connectivity index is 0.873. The first kappa shape index (κ1) is 38.5. The second-order valence-electron chi connectivity index (χ2n) is 16.3. The van der Waals surface area contributed by atoms with E-state index < -0.39 is 0 Å². The van der Waals surface area contributed by atoms with Crippen LogP contribution in [0.25, 0.3) is 22.3 Å². The van der Waals surface area contributed by atoms with Gasteiger partial charge in [0.05, 0.1) is 0 Å². The molecule has 0 saturated carbocycles. The molecule has 0 amide bonds. The highest BCUT2D eigenvalue weighted by Crippen LogP contribution is 2.50. The van der Waals surface area contributed by atoms with E-state index in [-0.39, 0.29) is 5.78 Å². The topological polar surface area (TPSA) is 35.5 Å². The molecule has 3 nitrogen and oxygen atoms in total. The predicted octanol–water partition coefficient (Wildman–Crippen LogP) is 13.4. The van der Waals surface area contributed by atoms with Crippen LogP contribution in [0.15, 0.2) is 194 Å². The van der Waals surface area contributed by atoms with Crippen molar-refractivity contribution in [3.05, 3.63) is 261 Å². The Morgan fingerprint density at radius 3 is 0.953 bits per heavy atom. The summed E-state index contributed by atoms with van der Waals surface area (Å²) in [5.41, 5.74) is 16.2. The van der Waals surface area contributed by atoms with Gasteiger partial charge in [0.2, 0.25) is 0 Å². The van der Waals surface area contributed by atoms with Gasteiger partial charge in [0.1, 0.15) is 23.0 Å². The zero-order chi connectivity index (χ0) is 42.8. The molecule has 0 bridgehead atoms. The average molecular weight is 821 g/mol. The van der Waals surface area contributed by atoms with Crippen molar-refractivity contribution in [1.82, 2.24) is 0 Å². The number of ether oxygens (including phenoxy) is 2. The molecule has 0 N–H and O–H groups in total. The van der Waals surface area contributed by atoms with E-state index in [2.05, 4.69) is 60.1 Å². The average Bonchev–Trinajstić information content (AvgIpc) is 3.63. The summed E-state index contributed by atoms with van der Waals surface area (Å²) in [5.74, 6) is 16.0. The molecule has 0 aromatic heterocycles. The third kappa shape index (κ3) is 7.84. The number of fused-ring (bicyclic) bond motifs is 2. The summed E-state index contributed by atoms with van der Waals surface area (Å²) < 4.78 is 12.7. The maximum absolute atomic E-state index is 14.9. The first-order chi connectivity index (χ1) is 31.6. The van der Waals surface area contributed by atoms with Gasteiger partial charge in [-0.2, -0.15) is 0 Å². The van der Waals surface area contributed by atoms with Gasteiger partial charge >= 0.3 is 0 Å². The molecule has 0 aliphatic heterocycles. The number of rotatable bonds is 8. The number of Topliss-reactive ketones (excluding diaryl/α,β-unsaturated/α-hetero) is 1. The number of carbonyl (C=O) groups is 1. The Hall–Kier alpha value is -8.37. The fourth-order valence-corrected chi connectivity index (χ4v) is 8.64. The van der Waals surface area contributed by atoms with Gasteiger partial charge in [-0.15, -0.1) is 0 Å². The molecule has 0 atom stereocenters. The van der Waals surface area contributed by atoms with Crippen molar-refractivity contribution in [2.45, 2.75) is 25.7 Å². The Kier molecular flexibility index (Phi) is 10.1. The quantitative estimate of drug-likeness (QED) is 0.143. The second-order valence-corrected chi connectivity index (χ2v) is 16.3. The third-order valence-electron chi connectivity index (χ3n) is 12.2. The van der Waals surface area contributed by atoms with Crippen LogP contribution in [0.5, 0.6) is 23.0 Å². The number of hydrogen-bond acceptors (Lipinski definition) is 3. The lowest BCUT2D eigenvalue weighted by Crippen LogP contribution is -2.07. The molecule has 0 fully saturated rings. The maximum atomic E-state index is 14.9. The van der Waals surface area contributed by atoms with Crippen molar-refractivity contribution in [3.63, 3.8) is 0 Å². The van der Waals surface area contributed by atoms with Crippen molar-refractivity contribution >= 4 is 28.1 Å². The Labute approximate surface area is 374 Å². The van der Waals surface area contributed by atoms with Crippen molar-refractivity contribution < 1.29 is 14.3 Å². The van der Waals surface area contributed by atoms with Crippen LogP contribution in [0.4, 0.5) is 0 Å². The minimum atomic E-state index is -0.0178. The van der Waals surface area contributed by atoms with Crippen molar-refractivity contribution in [2.75, 3.05) is 0 Å². The Bertz CT molecular complexity index is 3050. The summed E-state index contributed by atoms with van der Waals surface area (Å²) in [4.78, 5) is 14.9. The summed E-state index contributed by atoms with van der Waals surface area (Å²) in [5, 5.41) is 0. The molecule has 0 radical (unpaired) electrons. The van der Waals surface area contributed by atoms with Crippen molar-refractivity contribution in [1.29, 1.82) is 0 Å². The standard InChI is InChI=1S/C61H40O3/c62-61-59(47-7-3-1-4-8-47)57(49-27-35-55(36-28-49)63-53-31-17-41(18-32-53)11-13-43-15-21-45-23-25-51(45)39-43)58(60(61)48-9-5-2-6-10-48)50-29-37-56(38-30-50)64-54-33-19-42(20-34-54)12-14-44-16-22-46-24-26-52(46)40-44/h1-10,15-22,27-40H,23-26H2. The van der Waals surface area contributed by atoms with E-state index in [1.54, 1.807) is 0 Å². The summed E-state index contributed by atoms with van der Waals surface area (Å²) in [6, 6.07) is 64.6. The van der Waals surface area contributed by atoms with E-state index in [4.69, 9.17) is 9.47 Å². The minimum Gasteiger partial charge on any atom is -0.457 e. The van der Waals surface area contributed by atoms with E-state index in [1.165, 1.54) is 35.1 Å². The van der Waals surface area contributed by atoms with Crippen LogP contribution in [0.2, 0.25) is 0 Å². The van der Waals surface area contributed by atoms with Crippen LogP contribution in [0.3, 0.4) is 0 Å². The van der Waals surface area contributed by atoms with E-state index in [1.807, 2.05) is 158 Å². The lowest BCUT2D eigenvalue weighted by molar-refractivity contribution is -0.108. The maximum Gasteiger partial charge on any atom is 0.195 e. The molecule has 3 aliphatic carbocycles. The van der Waals surface area contributed by atoms with E-state index >= 15 is 0 Å². The van der Waals surface area contributed by atoms with Crippen LogP contribution in [-0.4, -0.2) is 5.78 Å². The van der Waals surface area contributed by atoms with E-state index in [0.717, 1.165) is 68.5 Å². The largest absolute Gasteiger partial charge is 0.457 e. The van der Waals surface area contributed by atoms with Gasteiger partial charge in [-0.25, -0.2) is 0 Å². The van der Waals surface area contributed by atoms with Crippen LogP contribution < -0.4 is 9.47 Å². The van der Waals surface area contributed by atoms with Gasteiger partial charge in [-0.05, 0) is 167 Å². The number of ketones is 1. The fraction of sp³-hybridized carbons (Fsp3) is 0.0656. The van der Waals surface area contributed by atoms with Gasteiger partial charge in [0, 0.05) is 44.5 Å². The number of carbonyl (C=O) groups excluding carboxylic acids is 1. The van der Waals surface area contributed by atoms with Gasteiger partial charge in [-0.1, -0.05) is 121 Å². The molecular weight excluding hydrogens is 781 g/mol. The number of aryl methyl sites for hydroxylation is 4. The number of benzene rings is 8. The zero-order valence-electron chi connectivity index (χ0n) is 35.0. The molecule has 302 valence electrons. The van der Waals surface area contributed by atoms with Crippen LogP contribution in [0.1, 0.15) is 66.8 Å². The van der Waals surface area contributed by atoms with Crippen LogP contribution in [-0.2, 0) is 30.5 Å². The molecule has 64 heavy (non-hydrogen) atoms. The molecule has 0 saturated heterocycles. The lowest BCUT2D eigenvalue weighted by atomic mass is 9.87. The summed E-state index contributed by atoms with van der Waals surface area (Å²) in [6.07, 6.45) is 4.62. The Morgan fingerprint density at radius 2 is 0.609 bits per heavy atom. The molecule has 8 aromatic carbocycles. The highest BCUT2D eigenvalue weighted by Gasteiger charge is 2.35. The van der Waals surface area contributed by atoms with Gasteiger partial charge in [-0.3, -0.25) is 4.79 Å². The second kappa shape index (κ2) is 16.8.